The lowest BCUT2D eigenvalue weighted by molar-refractivity contribution is -0.120. The molecule has 0 spiro atoms. The molecule has 4 rings (SSSR count). The first-order valence-electron chi connectivity index (χ1n) is 7.64. The number of hydrogen-bond acceptors (Lipinski definition) is 3. The van der Waals surface area contributed by atoms with Crippen molar-refractivity contribution in [3.05, 3.63) is 64.4 Å². The molecule has 1 unspecified atom stereocenters. The van der Waals surface area contributed by atoms with Crippen molar-refractivity contribution in [3.8, 4) is 0 Å². The summed E-state index contributed by atoms with van der Waals surface area (Å²) in [6.07, 6.45) is 0.830. The second-order valence-corrected chi connectivity index (χ2v) is 5.87. The predicted molar refractivity (Wildman–Crippen MR) is 87.6 cm³/mol. The van der Waals surface area contributed by atoms with Gasteiger partial charge in [-0.2, -0.15) is 4.74 Å². The second kappa shape index (κ2) is 5.12. The third kappa shape index (κ3) is 2.16. The Kier molecular flexibility index (Phi) is 3.08. The smallest absolute Gasteiger partial charge is 0.290 e. The molecule has 0 radical (unpaired) electrons. The largest absolute Gasteiger partial charge is 0.375 e. The van der Waals surface area contributed by atoms with Crippen molar-refractivity contribution in [2.45, 2.75) is 25.9 Å². The van der Waals surface area contributed by atoms with Gasteiger partial charge in [0.05, 0.1) is 5.39 Å². The summed E-state index contributed by atoms with van der Waals surface area (Å²) < 4.78 is 6.65. The van der Waals surface area contributed by atoms with Gasteiger partial charge in [0.15, 0.2) is 5.58 Å². The maximum Gasteiger partial charge on any atom is 0.290 e. The summed E-state index contributed by atoms with van der Waals surface area (Å²) in [5.74, 6) is -0.136. The van der Waals surface area contributed by atoms with Crippen LogP contribution in [0, 0.1) is 0 Å². The number of carbonyl (C=O) groups is 1. The number of nitrogens with zero attached hydrogens (tertiary/aromatic N) is 2. The van der Waals surface area contributed by atoms with Crippen molar-refractivity contribution in [2.75, 3.05) is 4.90 Å². The first-order valence-corrected chi connectivity index (χ1v) is 7.64. The zero-order valence-corrected chi connectivity index (χ0v) is 12.7. The molecule has 1 aliphatic heterocycles. The molecular formula is C18H16N2O3. The minimum absolute atomic E-state index is 0.0833. The van der Waals surface area contributed by atoms with E-state index in [-0.39, 0.29) is 24.1 Å². The van der Waals surface area contributed by atoms with Crippen LogP contribution in [0.2, 0.25) is 0 Å². The Hall–Kier alpha value is -2.82. The van der Waals surface area contributed by atoms with E-state index in [2.05, 4.69) is 0 Å². The average molecular weight is 308 g/mol. The minimum Gasteiger partial charge on any atom is -0.375 e. The Morgan fingerprint density at radius 2 is 1.91 bits per heavy atom. The van der Waals surface area contributed by atoms with Crippen LogP contribution in [0.3, 0.4) is 0 Å². The van der Waals surface area contributed by atoms with Crippen LogP contribution in [-0.4, -0.2) is 16.7 Å². The molecule has 1 atom stereocenters. The summed E-state index contributed by atoms with van der Waals surface area (Å²) in [4.78, 5) is 26.8. The Bertz CT molecular complexity index is 954. The van der Waals surface area contributed by atoms with Gasteiger partial charge in [0.2, 0.25) is 0 Å². The molecule has 5 nitrogen and oxygen atoms in total. The molecule has 23 heavy (non-hydrogen) atoms. The monoisotopic (exact) mass is 308 g/mol. The SMILES string of the molecule is CC1Cc2ccccc2N1C(=O)Cn1oc2ccccc2c1=O. The van der Waals surface area contributed by atoms with E-state index in [1.807, 2.05) is 31.2 Å². The van der Waals surface area contributed by atoms with Gasteiger partial charge in [0, 0.05) is 11.7 Å². The lowest BCUT2D eigenvalue weighted by Crippen LogP contribution is -2.39. The van der Waals surface area contributed by atoms with Crippen LogP contribution in [-0.2, 0) is 17.8 Å². The molecule has 1 aromatic heterocycles. The quantitative estimate of drug-likeness (QED) is 0.731. The highest BCUT2D eigenvalue weighted by Crippen LogP contribution is 2.31. The fourth-order valence-electron chi connectivity index (χ4n) is 3.27. The summed E-state index contributed by atoms with van der Waals surface area (Å²) in [5.41, 5.74) is 2.31. The molecule has 0 bridgehead atoms. The van der Waals surface area contributed by atoms with E-state index in [1.54, 1.807) is 29.2 Å². The number of anilines is 1. The lowest BCUT2D eigenvalue weighted by atomic mass is 10.1. The third-order valence-corrected chi connectivity index (χ3v) is 4.31. The zero-order valence-electron chi connectivity index (χ0n) is 12.7. The van der Waals surface area contributed by atoms with E-state index in [0.717, 1.165) is 22.4 Å². The molecule has 0 aliphatic carbocycles. The molecule has 3 aromatic rings. The van der Waals surface area contributed by atoms with Crippen molar-refractivity contribution in [1.29, 1.82) is 0 Å². The molecule has 0 fully saturated rings. The van der Waals surface area contributed by atoms with Gasteiger partial charge in [-0.3, -0.25) is 9.59 Å². The summed E-state index contributed by atoms with van der Waals surface area (Å²) in [6, 6.07) is 15.0. The molecule has 0 saturated heterocycles. The maximum absolute atomic E-state index is 12.7. The molecule has 1 amide bonds. The van der Waals surface area contributed by atoms with Crippen LogP contribution in [0.4, 0.5) is 5.69 Å². The Balaban J connectivity index is 1.67. The number of para-hydroxylation sites is 2. The van der Waals surface area contributed by atoms with Crippen molar-refractivity contribution in [1.82, 2.24) is 4.74 Å². The third-order valence-electron chi connectivity index (χ3n) is 4.31. The van der Waals surface area contributed by atoms with Gasteiger partial charge < -0.3 is 9.42 Å². The molecule has 0 N–H and O–H groups in total. The number of carbonyl (C=O) groups excluding carboxylic acids is 1. The maximum atomic E-state index is 12.7. The van der Waals surface area contributed by atoms with Crippen LogP contribution in [0.15, 0.2) is 57.8 Å². The van der Waals surface area contributed by atoms with E-state index in [0.29, 0.717) is 11.0 Å². The standard InChI is InChI=1S/C18H16N2O3/c1-12-10-13-6-2-4-8-15(13)20(12)17(21)11-19-18(22)14-7-3-5-9-16(14)23-19/h2-9,12H,10-11H2,1H3. The van der Waals surface area contributed by atoms with Crippen LogP contribution in [0.5, 0.6) is 0 Å². The molecular weight excluding hydrogens is 292 g/mol. The fourth-order valence-corrected chi connectivity index (χ4v) is 3.27. The number of rotatable bonds is 2. The highest BCUT2D eigenvalue weighted by Gasteiger charge is 2.31. The van der Waals surface area contributed by atoms with Crippen molar-refractivity contribution < 1.29 is 9.32 Å². The normalized spacial score (nSPS) is 16.7. The number of benzene rings is 2. The van der Waals surface area contributed by atoms with Gasteiger partial charge in [-0.25, -0.2) is 0 Å². The van der Waals surface area contributed by atoms with Gasteiger partial charge in [-0.05, 0) is 37.1 Å². The predicted octanol–water partition coefficient (Wildman–Crippen LogP) is 2.57. The lowest BCUT2D eigenvalue weighted by Gasteiger charge is -2.22. The van der Waals surface area contributed by atoms with E-state index in [9.17, 15) is 9.59 Å². The first kappa shape index (κ1) is 13.8. The molecule has 5 heteroatoms. The van der Waals surface area contributed by atoms with E-state index in [4.69, 9.17) is 4.52 Å². The van der Waals surface area contributed by atoms with E-state index >= 15 is 0 Å². The molecule has 0 saturated carbocycles. The molecule has 2 aromatic carbocycles. The fraction of sp³-hybridized carbons (Fsp3) is 0.222. The molecule has 1 aliphatic rings. The number of amides is 1. The van der Waals surface area contributed by atoms with Crippen LogP contribution >= 0.6 is 0 Å². The van der Waals surface area contributed by atoms with Crippen molar-refractivity contribution in [3.63, 3.8) is 0 Å². The van der Waals surface area contributed by atoms with Gasteiger partial charge in [0.1, 0.15) is 6.54 Å². The van der Waals surface area contributed by atoms with Gasteiger partial charge in [0.25, 0.3) is 11.5 Å². The number of fused-ring (bicyclic) bond motifs is 2. The Morgan fingerprint density at radius 1 is 1.17 bits per heavy atom. The van der Waals surface area contributed by atoms with Crippen LogP contribution in [0.1, 0.15) is 12.5 Å². The van der Waals surface area contributed by atoms with Crippen molar-refractivity contribution >= 4 is 22.6 Å². The second-order valence-electron chi connectivity index (χ2n) is 5.87. The summed E-state index contributed by atoms with van der Waals surface area (Å²) in [7, 11) is 0. The average Bonchev–Trinajstić information content (AvgIpc) is 3.04. The number of aromatic nitrogens is 1. The van der Waals surface area contributed by atoms with E-state index < -0.39 is 0 Å². The van der Waals surface area contributed by atoms with Gasteiger partial charge >= 0.3 is 0 Å². The summed E-state index contributed by atoms with van der Waals surface area (Å²) >= 11 is 0. The zero-order chi connectivity index (χ0) is 16.0. The summed E-state index contributed by atoms with van der Waals surface area (Å²) in [5, 5.41) is 0.496. The Morgan fingerprint density at radius 3 is 2.74 bits per heavy atom. The molecule has 2 heterocycles. The Labute approximate surface area is 132 Å². The van der Waals surface area contributed by atoms with Gasteiger partial charge in [-0.15, -0.1) is 0 Å². The van der Waals surface area contributed by atoms with Crippen molar-refractivity contribution in [2.24, 2.45) is 0 Å². The highest BCUT2D eigenvalue weighted by molar-refractivity contribution is 5.96. The van der Waals surface area contributed by atoms with Crippen LogP contribution in [0.25, 0.3) is 11.0 Å². The van der Waals surface area contributed by atoms with Gasteiger partial charge in [-0.1, -0.05) is 30.3 Å². The topological polar surface area (TPSA) is 55.5 Å². The highest BCUT2D eigenvalue weighted by atomic mass is 16.5. The summed E-state index contributed by atoms with van der Waals surface area (Å²) in [6.45, 7) is 1.92. The van der Waals surface area contributed by atoms with Crippen LogP contribution < -0.4 is 10.5 Å². The first-order chi connectivity index (χ1) is 11.1. The molecule has 116 valence electrons. The minimum atomic E-state index is -0.269. The van der Waals surface area contributed by atoms with E-state index in [1.165, 1.54) is 0 Å². The number of hydrogen-bond donors (Lipinski definition) is 0.